The Balaban J connectivity index is 1.54. The molecular weight excluding hydrogens is 336 g/mol. The molecule has 0 saturated carbocycles. The van der Waals surface area contributed by atoms with E-state index in [4.69, 9.17) is 0 Å². The Morgan fingerprint density at radius 1 is 1.26 bits per heavy atom. The lowest BCUT2D eigenvalue weighted by molar-refractivity contribution is -0.133. The molecule has 1 aromatic carbocycles. The van der Waals surface area contributed by atoms with Gasteiger partial charge in [0.1, 0.15) is 0 Å². The van der Waals surface area contributed by atoms with Crippen LogP contribution in [0.4, 0.5) is 0 Å². The molecule has 0 N–H and O–H groups in total. The Kier molecular flexibility index (Phi) is 6.32. The summed E-state index contributed by atoms with van der Waals surface area (Å²) >= 11 is 0. The molecule has 5 heteroatoms. The van der Waals surface area contributed by atoms with Gasteiger partial charge in [0, 0.05) is 44.8 Å². The van der Waals surface area contributed by atoms with E-state index in [1.165, 1.54) is 16.8 Å². The van der Waals surface area contributed by atoms with Crippen LogP contribution in [0, 0.1) is 13.8 Å². The van der Waals surface area contributed by atoms with Crippen molar-refractivity contribution in [2.45, 2.75) is 52.1 Å². The molecule has 27 heavy (non-hydrogen) atoms. The van der Waals surface area contributed by atoms with Crippen molar-refractivity contribution in [2.75, 3.05) is 20.1 Å². The minimum absolute atomic E-state index is 0.274. The number of carbonyl (C=O) groups excluding carboxylic acids is 1. The highest BCUT2D eigenvalue weighted by molar-refractivity contribution is 5.76. The Morgan fingerprint density at radius 3 is 2.67 bits per heavy atom. The van der Waals surface area contributed by atoms with Crippen molar-refractivity contribution >= 4 is 5.91 Å². The second kappa shape index (κ2) is 8.70. The molecule has 146 valence electrons. The number of amides is 1. The van der Waals surface area contributed by atoms with E-state index in [0.29, 0.717) is 12.5 Å². The van der Waals surface area contributed by atoms with Crippen LogP contribution in [0.1, 0.15) is 41.8 Å². The molecule has 0 aliphatic carbocycles. The van der Waals surface area contributed by atoms with Crippen molar-refractivity contribution < 1.29 is 4.79 Å². The number of likely N-dealkylation sites (N-methyl/N-ethyl adjacent to an activating group) is 1. The third-order valence-electron chi connectivity index (χ3n) is 5.90. The van der Waals surface area contributed by atoms with Gasteiger partial charge in [-0.25, -0.2) is 0 Å². The Hall–Kier alpha value is -2.14. The predicted molar refractivity (Wildman–Crippen MR) is 109 cm³/mol. The highest BCUT2D eigenvalue weighted by atomic mass is 16.2. The molecule has 1 saturated heterocycles. The number of aryl methyl sites for hydroxylation is 2. The lowest BCUT2D eigenvalue weighted by Crippen LogP contribution is -2.48. The van der Waals surface area contributed by atoms with Crippen LogP contribution in [0.25, 0.3) is 0 Å². The molecule has 1 atom stereocenters. The molecule has 1 aliphatic heterocycles. The summed E-state index contributed by atoms with van der Waals surface area (Å²) in [4.78, 5) is 17.3. The number of benzene rings is 1. The summed E-state index contributed by atoms with van der Waals surface area (Å²) in [6.07, 6.45) is 3.60. The maximum Gasteiger partial charge on any atom is 0.222 e. The van der Waals surface area contributed by atoms with Gasteiger partial charge >= 0.3 is 0 Å². The normalized spacial score (nSPS) is 17.5. The molecule has 3 rings (SSSR count). The Labute approximate surface area is 163 Å². The average molecular weight is 369 g/mol. The molecule has 1 fully saturated rings. The highest BCUT2D eigenvalue weighted by Crippen LogP contribution is 2.19. The molecular formula is C22H32N4O. The van der Waals surface area contributed by atoms with Crippen LogP contribution in [0.5, 0.6) is 0 Å². The number of hydrogen-bond donors (Lipinski definition) is 0. The van der Waals surface area contributed by atoms with E-state index in [2.05, 4.69) is 59.2 Å². The van der Waals surface area contributed by atoms with Crippen molar-refractivity contribution in [1.82, 2.24) is 19.6 Å². The van der Waals surface area contributed by atoms with Gasteiger partial charge in [0.15, 0.2) is 0 Å². The van der Waals surface area contributed by atoms with Crippen molar-refractivity contribution in [3.63, 3.8) is 0 Å². The first-order chi connectivity index (χ1) is 13.0. The van der Waals surface area contributed by atoms with Gasteiger partial charge in [0.2, 0.25) is 5.91 Å². The van der Waals surface area contributed by atoms with E-state index in [1.807, 2.05) is 18.7 Å². The second-order valence-corrected chi connectivity index (χ2v) is 7.81. The van der Waals surface area contributed by atoms with Crippen molar-refractivity contribution in [3.05, 3.63) is 52.8 Å². The maximum atomic E-state index is 12.8. The minimum Gasteiger partial charge on any atom is -0.341 e. The number of nitrogens with zero attached hydrogens (tertiary/aromatic N) is 4. The molecule has 1 aliphatic rings. The fourth-order valence-corrected chi connectivity index (χ4v) is 4.11. The molecule has 1 amide bonds. The third-order valence-corrected chi connectivity index (χ3v) is 5.90. The number of likely N-dealkylation sites (tertiary alicyclic amines) is 1. The summed E-state index contributed by atoms with van der Waals surface area (Å²) in [5.74, 6) is 0.274. The molecule has 0 spiro atoms. The highest BCUT2D eigenvalue weighted by Gasteiger charge is 2.26. The van der Waals surface area contributed by atoms with Crippen molar-refractivity contribution in [3.8, 4) is 0 Å². The zero-order chi connectivity index (χ0) is 19.4. The Bertz CT molecular complexity index is 768. The first-order valence-corrected chi connectivity index (χ1v) is 9.96. The van der Waals surface area contributed by atoms with Gasteiger partial charge in [0.25, 0.3) is 0 Å². The maximum absolute atomic E-state index is 12.8. The summed E-state index contributed by atoms with van der Waals surface area (Å²) in [6, 6.07) is 11.0. The van der Waals surface area contributed by atoms with Gasteiger partial charge in [-0.05, 0) is 51.3 Å². The van der Waals surface area contributed by atoms with Crippen molar-refractivity contribution in [2.24, 2.45) is 7.05 Å². The molecule has 5 nitrogen and oxygen atoms in total. The summed E-state index contributed by atoms with van der Waals surface area (Å²) in [5.41, 5.74) is 4.76. The molecule has 0 radical (unpaired) electrons. The third kappa shape index (κ3) is 4.78. The van der Waals surface area contributed by atoms with Crippen LogP contribution >= 0.6 is 0 Å². The fraction of sp³-hybridized carbons (Fsp3) is 0.545. The van der Waals surface area contributed by atoms with Crippen LogP contribution < -0.4 is 0 Å². The van der Waals surface area contributed by atoms with Gasteiger partial charge in [0.05, 0.1) is 5.69 Å². The van der Waals surface area contributed by atoms with E-state index in [0.717, 1.165) is 44.6 Å². The average Bonchev–Trinajstić information content (AvgIpc) is 2.92. The first-order valence-electron chi connectivity index (χ1n) is 9.96. The van der Waals surface area contributed by atoms with Crippen LogP contribution in [0.3, 0.4) is 0 Å². The summed E-state index contributed by atoms with van der Waals surface area (Å²) < 4.78 is 1.91. The van der Waals surface area contributed by atoms with Crippen LogP contribution in [0.2, 0.25) is 0 Å². The summed E-state index contributed by atoms with van der Waals surface area (Å²) in [7, 11) is 4.14. The zero-order valence-electron chi connectivity index (χ0n) is 17.1. The quantitative estimate of drug-likeness (QED) is 0.787. The van der Waals surface area contributed by atoms with E-state index < -0.39 is 0 Å². The number of rotatable bonds is 6. The van der Waals surface area contributed by atoms with E-state index in [1.54, 1.807) is 0 Å². The molecule has 0 bridgehead atoms. The molecule has 1 aromatic heterocycles. The smallest absolute Gasteiger partial charge is 0.222 e. The summed E-state index contributed by atoms with van der Waals surface area (Å²) in [5, 5.41) is 4.46. The number of hydrogen-bond acceptors (Lipinski definition) is 3. The fourth-order valence-electron chi connectivity index (χ4n) is 4.11. The second-order valence-electron chi connectivity index (χ2n) is 7.81. The minimum atomic E-state index is 0.274. The molecule has 1 unspecified atom stereocenters. The Morgan fingerprint density at radius 2 is 2.00 bits per heavy atom. The first kappa shape index (κ1) is 19.6. The molecule has 2 aromatic rings. The van der Waals surface area contributed by atoms with E-state index in [9.17, 15) is 4.79 Å². The van der Waals surface area contributed by atoms with Crippen molar-refractivity contribution in [1.29, 1.82) is 0 Å². The topological polar surface area (TPSA) is 41.4 Å². The standard InChI is InChI=1S/C22H32N4O/c1-17-21(18(2)25(4)23-17)12-13-22(27)26-14-8-11-20(16-26)24(3)15-19-9-6-5-7-10-19/h5-7,9-10,20H,8,11-16H2,1-4H3. The number of carbonyl (C=O) groups is 1. The van der Waals surface area contributed by atoms with Crippen LogP contribution in [-0.4, -0.2) is 51.7 Å². The lowest BCUT2D eigenvalue weighted by Gasteiger charge is -2.38. The predicted octanol–water partition coefficient (Wildman–Crippen LogP) is 3.09. The number of aromatic nitrogens is 2. The zero-order valence-corrected chi connectivity index (χ0v) is 17.1. The molecule has 2 heterocycles. The largest absolute Gasteiger partial charge is 0.341 e. The van der Waals surface area contributed by atoms with E-state index in [-0.39, 0.29) is 5.91 Å². The van der Waals surface area contributed by atoms with Crippen LogP contribution in [0.15, 0.2) is 30.3 Å². The van der Waals surface area contributed by atoms with Gasteiger partial charge in [-0.2, -0.15) is 5.10 Å². The van der Waals surface area contributed by atoms with Gasteiger partial charge < -0.3 is 4.90 Å². The van der Waals surface area contributed by atoms with E-state index >= 15 is 0 Å². The van der Waals surface area contributed by atoms with Gasteiger partial charge in [-0.3, -0.25) is 14.4 Å². The monoisotopic (exact) mass is 368 g/mol. The lowest BCUT2D eigenvalue weighted by atomic mass is 10.0. The number of piperidine rings is 1. The van der Waals surface area contributed by atoms with Crippen LogP contribution in [-0.2, 0) is 24.8 Å². The van der Waals surface area contributed by atoms with Gasteiger partial charge in [-0.15, -0.1) is 0 Å². The summed E-state index contributed by atoms with van der Waals surface area (Å²) in [6.45, 7) is 6.77. The SMILES string of the molecule is Cc1nn(C)c(C)c1CCC(=O)N1CCCC(N(C)Cc2ccccc2)C1. The van der Waals surface area contributed by atoms with Gasteiger partial charge in [-0.1, -0.05) is 30.3 Å².